The Morgan fingerprint density at radius 2 is 1.95 bits per heavy atom. The summed E-state index contributed by atoms with van der Waals surface area (Å²) in [6.07, 6.45) is -6.82. The van der Waals surface area contributed by atoms with Gasteiger partial charge in [-0.05, 0) is 30.7 Å². The van der Waals surface area contributed by atoms with Gasteiger partial charge in [-0.15, -0.1) is 12.4 Å². The minimum Gasteiger partial charge on any atom is -0.464 e. The van der Waals surface area contributed by atoms with Crippen molar-refractivity contribution in [3.63, 3.8) is 0 Å². The highest BCUT2D eigenvalue weighted by molar-refractivity contribution is 9.10. The summed E-state index contributed by atoms with van der Waals surface area (Å²) in [5.74, 6) is -1.20. The lowest BCUT2D eigenvalue weighted by molar-refractivity contribution is -0.149. The number of nitrogens with two attached hydrogens (primary N) is 1. The third kappa shape index (κ3) is 5.44. The second-order valence-electron chi connectivity index (χ2n) is 3.95. The first kappa shape index (κ1) is 20.1. The quantitative estimate of drug-likeness (QED) is 0.624. The van der Waals surface area contributed by atoms with Crippen LogP contribution in [0.3, 0.4) is 0 Å². The summed E-state index contributed by atoms with van der Waals surface area (Å²) >= 11 is 2.90. The van der Waals surface area contributed by atoms with E-state index in [9.17, 15) is 22.4 Å². The maximum Gasteiger partial charge on any atom is 0.416 e. The smallest absolute Gasteiger partial charge is 0.416 e. The van der Waals surface area contributed by atoms with Gasteiger partial charge in [0.15, 0.2) is 0 Å². The second-order valence-corrected chi connectivity index (χ2v) is 4.87. The lowest BCUT2D eigenvalue weighted by Gasteiger charge is -2.18. The van der Waals surface area contributed by atoms with Crippen LogP contribution in [0.4, 0.5) is 17.6 Å². The predicted octanol–water partition coefficient (Wildman–Crippen LogP) is 3.79. The van der Waals surface area contributed by atoms with Crippen LogP contribution in [0.15, 0.2) is 22.7 Å². The van der Waals surface area contributed by atoms with Crippen LogP contribution in [-0.4, -0.2) is 18.7 Å². The molecular formula is C12H13BrClF4NO2. The second kappa shape index (κ2) is 7.95. The van der Waals surface area contributed by atoms with Crippen molar-refractivity contribution in [2.24, 2.45) is 5.73 Å². The summed E-state index contributed by atoms with van der Waals surface area (Å²) < 4.78 is 56.2. The van der Waals surface area contributed by atoms with Gasteiger partial charge in [0.25, 0.3) is 0 Å². The van der Waals surface area contributed by atoms with Crippen molar-refractivity contribution in [3.05, 3.63) is 33.8 Å². The number of hydrogen-bond acceptors (Lipinski definition) is 3. The van der Waals surface area contributed by atoms with Gasteiger partial charge in [0, 0.05) is 4.47 Å². The first-order chi connectivity index (χ1) is 9.16. The van der Waals surface area contributed by atoms with Gasteiger partial charge in [-0.1, -0.05) is 15.9 Å². The summed E-state index contributed by atoms with van der Waals surface area (Å²) in [6.45, 7) is 1.44. The molecule has 1 aromatic rings. The van der Waals surface area contributed by atoms with Crippen LogP contribution < -0.4 is 5.73 Å². The maximum atomic E-state index is 13.7. The number of benzene rings is 1. The van der Waals surface area contributed by atoms with Crippen LogP contribution in [0.1, 0.15) is 24.1 Å². The Hall–Kier alpha value is -0.860. The van der Waals surface area contributed by atoms with Gasteiger partial charge >= 0.3 is 12.1 Å². The molecule has 0 bridgehead atoms. The highest BCUT2D eigenvalue weighted by atomic mass is 79.9. The van der Waals surface area contributed by atoms with Gasteiger partial charge in [0.2, 0.25) is 6.17 Å². The number of ether oxygens (including phenoxy) is 1. The fraction of sp³-hybridized carbons (Fsp3) is 0.417. The topological polar surface area (TPSA) is 52.3 Å². The highest BCUT2D eigenvalue weighted by Crippen LogP contribution is 2.33. The highest BCUT2D eigenvalue weighted by Gasteiger charge is 2.33. The van der Waals surface area contributed by atoms with E-state index in [1.807, 2.05) is 0 Å². The van der Waals surface area contributed by atoms with E-state index in [4.69, 9.17) is 5.73 Å². The van der Waals surface area contributed by atoms with Crippen LogP contribution in [0, 0.1) is 0 Å². The number of carbonyl (C=O) groups excluding carboxylic acids is 1. The molecule has 1 aromatic carbocycles. The fourth-order valence-corrected chi connectivity index (χ4v) is 2.02. The molecule has 9 heteroatoms. The Morgan fingerprint density at radius 1 is 1.38 bits per heavy atom. The number of halogens is 6. The summed E-state index contributed by atoms with van der Waals surface area (Å²) in [4.78, 5) is 11.2. The van der Waals surface area contributed by atoms with Gasteiger partial charge in [-0.25, -0.2) is 9.18 Å². The van der Waals surface area contributed by atoms with E-state index in [0.717, 1.165) is 6.07 Å². The van der Waals surface area contributed by atoms with Crippen molar-refractivity contribution in [2.75, 3.05) is 6.61 Å². The van der Waals surface area contributed by atoms with Crippen molar-refractivity contribution >= 4 is 34.3 Å². The number of carbonyl (C=O) groups is 1. The average molecular weight is 395 g/mol. The van der Waals surface area contributed by atoms with Crippen LogP contribution in [0.25, 0.3) is 0 Å². The minimum atomic E-state index is -4.59. The van der Waals surface area contributed by atoms with E-state index in [1.54, 1.807) is 0 Å². The van der Waals surface area contributed by atoms with Gasteiger partial charge in [-0.3, -0.25) is 0 Å². The van der Waals surface area contributed by atoms with Crippen molar-refractivity contribution in [2.45, 2.75) is 25.3 Å². The number of alkyl halides is 4. The molecule has 21 heavy (non-hydrogen) atoms. The standard InChI is InChI=1S/C12H12BrF4NO2.ClH/c1-2-20-11(19)9(14)10(18)6-3-7(12(15,16)17)5-8(13)4-6;/h3-5,9-10H,2,18H2,1H3;1H/t9?,10-;/m0./s1. The summed E-state index contributed by atoms with van der Waals surface area (Å²) in [7, 11) is 0. The molecule has 0 saturated heterocycles. The van der Waals surface area contributed by atoms with Crippen LogP contribution in [-0.2, 0) is 15.7 Å². The normalized spacial score (nSPS) is 14.0. The maximum absolute atomic E-state index is 13.7. The molecule has 0 heterocycles. The molecule has 0 aromatic heterocycles. The molecule has 0 aliphatic heterocycles. The van der Waals surface area contributed by atoms with E-state index < -0.39 is 29.9 Å². The lowest BCUT2D eigenvalue weighted by atomic mass is 10.0. The van der Waals surface area contributed by atoms with E-state index in [0.29, 0.717) is 6.07 Å². The zero-order chi connectivity index (χ0) is 15.5. The van der Waals surface area contributed by atoms with Gasteiger partial charge in [0.05, 0.1) is 18.2 Å². The number of rotatable bonds is 4. The molecule has 2 atom stereocenters. The minimum absolute atomic E-state index is 0. The van der Waals surface area contributed by atoms with Crippen molar-refractivity contribution in [1.29, 1.82) is 0 Å². The first-order valence-electron chi connectivity index (χ1n) is 5.60. The lowest BCUT2D eigenvalue weighted by Crippen LogP contribution is -2.31. The molecule has 3 nitrogen and oxygen atoms in total. The molecule has 0 fully saturated rings. The van der Waals surface area contributed by atoms with E-state index in [-0.39, 0.29) is 29.1 Å². The fourth-order valence-electron chi connectivity index (χ4n) is 1.51. The van der Waals surface area contributed by atoms with E-state index >= 15 is 0 Å². The zero-order valence-corrected chi connectivity index (χ0v) is 13.2. The van der Waals surface area contributed by atoms with Crippen molar-refractivity contribution in [1.82, 2.24) is 0 Å². The Balaban J connectivity index is 0.00000400. The van der Waals surface area contributed by atoms with Crippen LogP contribution in [0.2, 0.25) is 0 Å². The molecule has 0 aliphatic carbocycles. The van der Waals surface area contributed by atoms with Crippen LogP contribution >= 0.6 is 28.3 Å². The molecule has 1 unspecified atom stereocenters. The Labute approximate surface area is 133 Å². The molecule has 0 spiro atoms. The number of hydrogen-bond donors (Lipinski definition) is 1. The molecule has 0 saturated carbocycles. The monoisotopic (exact) mass is 393 g/mol. The number of esters is 1. The first-order valence-corrected chi connectivity index (χ1v) is 6.40. The van der Waals surface area contributed by atoms with Crippen molar-refractivity contribution in [3.8, 4) is 0 Å². The SMILES string of the molecule is CCOC(=O)C(F)[C@@H](N)c1cc(Br)cc(C(F)(F)F)c1.Cl. The summed E-state index contributed by atoms with van der Waals surface area (Å²) in [5.41, 5.74) is 4.36. The van der Waals surface area contributed by atoms with E-state index in [2.05, 4.69) is 20.7 Å². The molecular weight excluding hydrogens is 381 g/mol. The van der Waals surface area contributed by atoms with Crippen LogP contribution in [0.5, 0.6) is 0 Å². The molecule has 120 valence electrons. The molecule has 1 rings (SSSR count). The van der Waals surface area contributed by atoms with Gasteiger partial charge in [0.1, 0.15) is 0 Å². The Kier molecular flexibility index (Phi) is 7.63. The molecule has 0 amide bonds. The Morgan fingerprint density at radius 3 is 2.43 bits per heavy atom. The van der Waals surface area contributed by atoms with E-state index in [1.165, 1.54) is 13.0 Å². The Bertz CT molecular complexity index is 499. The largest absolute Gasteiger partial charge is 0.464 e. The third-order valence-electron chi connectivity index (χ3n) is 2.46. The van der Waals surface area contributed by atoms with Gasteiger partial charge < -0.3 is 10.5 Å². The van der Waals surface area contributed by atoms with Crippen molar-refractivity contribution < 1.29 is 27.1 Å². The average Bonchev–Trinajstić information content (AvgIpc) is 2.35. The molecule has 2 N–H and O–H groups in total. The predicted molar refractivity (Wildman–Crippen MR) is 74.8 cm³/mol. The summed E-state index contributed by atoms with van der Waals surface area (Å²) in [5, 5.41) is 0. The molecule has 0 aliphatic rings. The van der Waals surface area contributed by atoms with Gasteiger partial charge in [-0.2, -0.15) is 13.2 Å². The molecule has 0 radical (unpaired) electrons. The summed E-state index contributed by atoms with van der Waals surface area (Å²) in [6, 6.07) is 1.24. The third-order valence-corrected chi connectivity index (χ3v) is 2.92. The zero-order valence-electron chi connectivity index (χ0n) is 10.8.